The van der Waals surface area contributed by atoms with Gasteiger partial charge in [-0.15, -0.1) is 0 Å². The molecule has 0 amide bonds. The second-order valence-corrected chi connectivity index (χ2v) is 8.49. The molecule has 9 heteroatoms. The minimum atomic E-state index is -1.54. The lowest BCUT2D eigenvalue weighted by atomic mass is 9.88. The molecule has 0 spiro atoms. The van der Waals surface area contributed by atoms with Gasteiger partial charge in [0.15, 0.2) is 23.3 Å². The molecule has 174 valence electrons. The Kier molecular flexibility index (Phi) is 5.57. The fourth-order valence-electron chi connectivity index (χ4n) is 4.35. The summed E-state index contributed by atoms with van der Waals surface area (Å²) in [5, 5.41) is 15.0. The van der Waals surface area contributed by atoms with Gasteiger partial charge in [0, 0.05) is 18.4 Å². The van der Waals surface area contributed by atoms with E-state index in [0.29, 0.717) is 24.6 Å². The standard InChI is InChI=1S/C25H22F3N5O/c1-14-9-16(3-5-20(14)32-12-15(2)29-13-32)4-6-22-30-25-23(21(34)7-8-33(25)31-22)17-10-18(26)24(28)19(27)11-17/h3-6,9-13,21,23,34H,7-8H2,1-2H3/b6-4+/t21-,23-/m1/s1. The summed E-state index contributed by atoms with van der Waals surface area (Å²) in [6.07, 6.45) is 6.77. The second-order valence-electron chi connectivity index (χ2n) is 8.49. The number of rotatable bonds is 4. The molecule has 0 fully saturated rings. The number of aromatic nitrogens is 5. The van der Waals surface area contributed by atoms with Gasteiger partial charge in [0.25, 0.3) is 0 Å². The first-order valence-corrected chi connectivity index (χ1v) is 10.9. The molecule has 2 atom stereocenters. The van der Waals surface area contributed by atoms with E-state index < -0.39 is 29.5 Å². The molecule has 3 heterocycles. The third-order valence-corrected chi connectivity index (χ3v) is 6.02. The zero-order valence-corrected chi connectivity index (χ0v) is 18.6. The van der Waals surface area contributed by atoms with E-state index in [1.807, 2.05) is 48.9 Å². The lowest BCUT2D eigenvalue weighted by Gasteiger charge is -2.27. The number of aliphatic hydroxyl groups excluding tert-OH is 1. The van der Waals surface area contributed by atoms with Crippen LogP contribution in [0.15, 0.2) is 42.9 Å². The van der Waals surface area contributed by atoms with Gasteiger partial charge in [0.1, 0.15) is 5.82 Å². The maximum atomic E-state index is 13.8. The number of imidazole rings is 1. The summed E-state index contributed by atoms with van der Waals surface area (Å²) < 4.78 is 44.7. The summed E-state index contributed by atoms with van der Waals surface area (Å²) in [5.41, 5.74) is 4.11. The van der Waals surface area contributed by atoms with Gasteiger partial charge in [0.2, 0.25) is 0 Å². The van der Waals surface area contributed by atoms with E-state index in [-0.39, 0.29) is 5.56 Å². The summed E-state index contributed by atoms with van der Waals surface area (Å²) in [6, 6.07) is 7.82. The van der Waals surface area contributed by atoms with Crippen molar-refractivity contribution in [3.8, 4) is 5.69 Å². The predicted octanol–water partition coefficient (Wildman–Crippen LogP) is 4.56. The van der Waals surface area contributed by atoms with Crippen molar-refractivity contribution >= 4 is 12.2 Å². The highest BCUT2D eigenvalue weighted by atomic mass is 19.2. The van der Waals surface area contributed by atoms with Crippen molar-refractivity contribution in [2.45, 2.75) is 38.8 Å². The highest BCUT2D eigenvalue weighted by molar-refractivity contribution is 5.68. The molecule has 1 aliphatic heterocycles. The average Bonchev–Trinajstić information content (AvgIpc) is 3.41. The fourth-order valence-corrected chi connectivity index (χ4v) is 4.35. The zero-order chi connectivity index (χ0) is 24.0. The average molecular weight is 465 g/mol. The molecule has 2 aromatic heterocycles. The highest BCUT2D eigenvalue weighted by Crippen LogP contribution is 2.34. The summed E-state index contributed by atoms with van der Waals surface area (Å²) in [5.74, 6) is -4.17. The first kappa shape index (κ1) is 22.1. The predicted molar refractivity (Wildman–Crippen MR) is 121 cm³/mol. The van der Waals surface area contributed by atoms with Crippen LogP contribution in [0.4, 0.5) is 13.2 Å². The molecule has 0 unspecified atom stereocenters. The molecule has 4 aromatic rings. The Morgan fingerprint density at radius 1 is 1.06 bits per heavy atom. The van der Waals surface area contributed by atoms with Crippen LogP contribution in [0, 0.1) is 31.3 Å². The lowest BCUT2D eigenvalue weighted by Crippen LogP contribution is -2.30. The zero-order valence-electron chi connectivity index (χ0n) is 18.6. The molecule has 5 rings (SSSR count). The number of benzene rings is 2. The number of hydrogen-bond acceptors (Lipinski definition) is 4. The molecule has 0 aliphatic carbocycles. The molecule has 0 saturated heterocycles. The van der Waals surface area contributed by atoms with E-state index >= 15 is 0 Å². The van der Waals surface area contributed by atoms with E-state index in [9.17, 15) is 18.3 Å². The van der Waals surface area contributed by atoms with Gasteiger partial charge in [-0.25, -0.2) is 27.8 Å². The molecule has 2 aromatic carbocycles. The normalized spacial score (nSPS) is 17.9. The number of halogens is 3. The van der Waals surface area contributed by atoms with E-state index in [4.69, 9.17) is 0 Å². The summed E-state index contributed by atoms with van der Waals surface area (Å²) in [6.45, 7) is 4.37. The Balaban J connectivity index is 1.43. The Morgan fingerprint density at radius 2 is 1.82 bits per heavy atom. The smallest absolute Gasteiger partial charge is 0.194 e. The number of aryl methyl sites for hydroxylation is 3. The van der Waals surface area contributed by atoms with Crippen molar-refractivity contribution in [3.05, 3.63) is 94.3 Å². The number of hydrogen-bond donors (Lipinski definition) is 1. The van der Waals surface area contributed by atoms with Crippen molar-refractivity contribution in [1.29, 1.82) is 0 Å². The maximum Gasteiger partial charge on any atom is 0.194 e. The third kappa shape index (κ3) is 4.03. The molecule has 6 nitrogen and oxygen atoms in total. The Bertz CT molecular complexity index is 1380. The Morgan fingerprint density at radius 3 is 2.50 bits per heavy atom. The highest BCUT2D eigenvalue weighted by Gasteiger charge is 2.33. The van der Waals surface area contributed by atoms with E-state index in [1.165, 1.54) is 0 Å². The molecular weight excluding hydrogens is 443 g/mol. The van der Waals surface area contributed by atoms with Crippen LogP contribution in [0.1, 0.15) is 46.4 Å². The van der Waals surface area contributed by atoms with Gasteiger partial charge in [-0.05, 0) is 67.3 Å². The van der Waals surface area contributed by atoms with Gasteiger partial charge < -0.3 is 9.67 Å². The van der Waals surface area contributed by atoms with Crippen LogP contribution in [0.25, 0.3) is 17.8 Å². The van der Waals surface area contributed by atoms with Crippen molar-refractivity contribution in [1.82, 2.24) is 24.3 Å². The van der Waals surface area contributed by atoms with Crippen LogP contribution in [0.5, 0.6) is 0 Å². The van der Waals surface area contributed by atoms with Crippen LogP contribution >= 0.6 is 0 Å². The maximum absolute atomic E-state index is 13.8. The van der Waals surface area contributed by atoms with Crippen molar-refractivity contribution < 1.29 is 18.3 Å². The summed E-state index contributed by atoms with van der Waals surface area (Å²) in [4.78, 5) is 8.76. The van der Waals surface area contributed by atoms with Gasteiger partial charge in [-0.2, -0.15) is 5.10 Å². The second kappa shape index (κ2) is 8.57. The molecule has 34 heavy (non-hydrogen) atoms. The van der Waals surface area contributed by atoms with Gasteiger partial charge >= 0.3 is 0 Å². The summed E-state index contributed by atoms with van der Waals surface area (Å²) in [7, 11) is 0. The Labute approximate surface area is 194 Å². The molecule has 1 aliphatic rings. The van der Waals surface area contributed by atoms with Crippen LogP contribution < -0.4 is 0 Å². The monoisotopic (exact) mass is 465 g/mol. The van der Waals surface area contributed by atoms with Crippen molar-refractivity contribution in [3.63, 3.8) is 0 Å². The van der Waals surface area contributed by atoms with E-state index in [0.717, 1.165) is 34.6 Å². The first-order valence-electron chi connectivity index (χ1n) is 10.9. The Hall–Kier alpha value is -3.72. The van der Waals surface area contributed by atoms with Crippen molar-refractivity contribution in [2.24, 2.45) is 0 Å². The molecule has 0 bridgehead atoms. The topological polar surface area (TPSA) is 68.8 Å². The van der Waals surface area contributed by atoms with Crippen molar-refractivity contribution in [2.75, 3.05) is 0 Å². The summed E-state index contributed by atoms with van der Waals surface area (Å²) >= 11 is 0. The molecule has 1 N–H and O–H groups in total. The van der Waals surface area contributed by atoms with Crippen LogP contribution in [-0.4, -0.2) is 35.5 Å². The minimum absolute atomic E-state index is 0.119. The van der Waals surface area contributed by atoms with Gasteiger partial charge in [-0.1, -0.05) is 12.1 Å². The van der Waals surface area contributed by atoms with Gasteiger partial charge in [-0.3, -0.25) is 0 Å². The number of aliphatic hydroxyl groups is 1. The number of fused-ring (bicyclic) bond motifs is 1. The van der Waals surface area contributed by atoms with Crippen LogP contribution in [-0.2, 0) is 6.54 Å². The molecule has 0 radical (unpaired) electrons. The van der Waals surface area contributed by atoms with E-state index in [1.54, 1.807) is 17.1 Å². The first-order chi connectivity index (χ1) is 16.3. The quantitative estimate of drug-likeness (QED) is 0.449. The van der Waals surface area contributed by atoms with Crippen LogP contribution in [0.3, 0.4) is 0 Å². The largest absolute Gasteiger partial charge is 0.392 e. The van der Waals surface area contributed by atoms with Gasteiger partial charge in [0.05, 0.1) is 24.0 Å². The lowest BCUT2D eigenvalue weighted by molar-refractivity contribution is 0.118. The van der Waals surface area contributed by atoms with Crippen LogP contribution in [0.2, 0.25) is 0 Å². The molecule has 0 saturated carbocycles. The number of nitrogens with zero attached hydrogens (tertiary/aromatic N) is 5. The minimum Gasteiger partial charge on any atom is -0.392 e. The molecular formula is C25H22F3N5O. The SMILES string of the molecule is Cc1cn(-c2ccc(/C=C/c3nc4n(n3)CC[C@@H](O)[C@H]4c3cc(F)c(F)c(F)c3)cc2C)cn1. The fraction of sp³-hybridized carbons (Fsp3) is 0.240. The third-order valence-electron chi connectivity index (χ3n) is 6.02. The van der Waals surface area contributed by atoms with E-state index in [2.05, 4.69) is 15.1 Å².